The molecule has 0 saturated carbocycles. The molecular formula is C11H14N4S. The van der Waals surface area contributed by atoms with E-state index in [0.717, 1.165) is 30.2 Å². The summed E-state index contributed by atoms with van der Waals surface area (Å²) in [6.45, 7) is 3.58. The monoisotopic (exact) mass is 234 g/mol. The van der Waals surface area contributed by atoms with Crippen LogP contribution in [0.5, 0.6) is 0 Å². The van der Waals surface area contributed by atoms with Gasteiger partial charge in [0.25, 0.3) is 0 Å². The Labute approximate surface area is 99.0 Å². The Morgan fingerprint density at radius 3 is 2.56 bits per heavy atom. The minimum absolute atomic E-state index is 0.796. The average Bonchev–Trinajstić information content (AvgIpc) is 2.74. The molecule has 4 nitrogen and oxygen atoms in total. The lowest BCUT2D eigenvalue weighted by Crippen LogP contribution is -2.18. The molecule has 0 aliphatic heterocycles. The maximum Gasteiger partial charge on any atom is 0.0795 e. The van der Waals surface area contributed by atoms with Gasteiger partial charge in [0.05, 0.1) is 22.6 Å². The molecule has 0 radical (unpaired) electrons. The molecule has 2 aromatic heterocycles. The lowest BCUT2D eigenvalue weighted by molar-refractivity contribution is 0.311. The van der Waals surface area contributed by atoms with Gasteiger partial charge in [0.15, 0.2) is 0 Å². The van der Waals surface area contributed by atoms with Gasteiger partial charge in [-0.25, -0.2) is 4.98 Å². The van der Waals surface area contributed by atoms with Crippen LogP contribution in [-0.2, 0) is 13.1 Å². The normalized spacial score (nSPS) is 10.9. The van der Waals surface area contributed by atoms with Crippen molar-refractivity contribution in [2.24, 2.45) is 0 Å². The second-order valence-corrected chi connectivity index (χ2v) is 4.52. The number of rotatable bonds is 4. The summed E-state index contributed by atoms with van der Waals surface area (Å²) in [6, 6.07) is 0. The Balaban J connectivity index is 1.92. The molecule has 0 saturated heterocycles. The summed E-state index contributed by atoms with van der Waals surface area (Å²) in [5.41, 5.74) is 4.90. The first-order valence-corrected chi connectivity index (χ1v) is 6.01. The van der Waals surface area contributed by atoms with Crippen molar-refractivity contribution < 1.29 is 0 Å². The van der Waals surface area contributed by atoms with Crippen LogP contribution < -0.4 is 0 Å². The van der Waals surface area contributed by atoms with Crippen molar-refractivity contribution in [3.63, 3.8) is 0 Å². The van der Waals surface area contributed by atoms with E-state index in [-0.39, 0.29) is 0 Å². The molecule has 2 heterocycles. The second-order valence-electron chi connectivity index (χ2n) is 3.80. The number of hydrogen-bond donors (Lipinski definition) is 0. The lowest BCUT2D eigenvalue weighted by atomic mass is 10.3. The summed E-state index contributed by atoms with van der Waals surface area (Å²) >= 11 is 1.62. The number of thiazole rings is 1. The smallest absolute Gasteiger partial charge is 0.0795 e. The fourth-order valence-electron chi connectivity index (χ4n) is 1.43. The summed E-state index contributed by atoms with van der Waals surface area (Å²) < 4.78 is 0. The molecule has 84 valence electrons. The molecule has 0 spiro atoms. The van der Waals surface area contributed by atoms with Crippen molar-refractivity contribution in [2.75, 3.05) is 7.05 Å². The molecule has 0 aliphatic carbocycles. The predicted octanol–water partition coefficient (Wildman–Crippen LogP) is 1.87. The summed E-state index contributed by atoms with van der Waals surface area (Å²) in [5.74, 6) is 0. The van der Waals surface area contributed by atoms with E-state index in [2.05, 4.69) is 32.3 Å². The van der Waals surface area contributed by atoms with Gasteiger partial charge in [-0.05, 0) is 14.0 Å². The molecule has 0 amide bonds. The van der Waals surface area contributed by atoms with E-state index in [1.165, 1.54) is 0 Å². The van der Waals surface area contributed by atoms with E-state index in [4.69, 9.17) is 0 Å². The van der Waals surface area contributed by atoms with Gasteiger partial charge in [-0.2, -0.15) is 0 Å². The van der Waals surface area contributed by atoms with Gasteiger partial charge in [-0.15, -0.1) is 11.3 Å². The van der Waals surface area contributed by atoms with E-state index < -0.39 is 0 Å². The fourth-order valence-corrected chi connectivity index (χ4v) is 1.98. The highest BCUT2D eigenvalue weighted by atomic mass is 32.1. The molecule has 5 heteroatoms. The average molecular weight is 234 g/mol. The first kappa shape index (κ1) is 11.2. The van der Waals surface area contributed by atoms with Gasteiger partial charge in [0.1, 0.15) is 0 Å². The van der Waals surface area contributed by atoms with Crippen LogP contribution in [0, 0.1) is 6.92 Å². The van der Waals surface area contributed by atoms with Crippen LogP contribution in [0.1, 0.15) is 17.1 Å². The van der Waals surface area contributed by atoms with Gasteiger partial charge >= 0.3 is 0 Å². The van der Waals surface area contributed by atoms with Crippen LogP contribution in [-0.4, -0.2) is 26.9 Å². The Bertz CT molecular complexity index is 424. The third kappa shape index (κ3) is 3.08. The highest BCUT2D eigenvalue weighted by Gasteiger charge is 2.04. The summed E-state index contributed by atoms with van der Waals surface area (Å²) in [5, 5.41) is 2.07. The van der Waals surface area contributed by atoms with Crippen LogP contribution in [0.15, 0.2) is 23.3 Å². The molecule has 16 heavy (non-hydrogen) atoms. The van der Waals surface area contributed by atoms with E-state index in [9.17, 15) is 0 Å². The predicted molar refractivity (Wildman–Crippen MR) is 64.1 cm³/mol. The van der Waals surface area contributed by atoms with Crippen LogP contribution in [0.2, 0.25) is 0 Å². The fraction of sp³-hybridized carbons (Fsp3) is 0.364. The van der Waals surface area contributed by atoms with Crippen molar-refractivity contribution >= 4 is 11.3 Å². The molecule has 0 fully saturated rings. The van der Waals surface area contributed by atoms with Crippen molar-refractivity contribution in [1.29, 1.82) is 0 Å². The number of nitrogens with zero attached hydrogens (tertiary/aromatic N) is 4. The lowest BCUT2D eigenvalue weighted by Gasteiger charge is -2.14. The third-order valence-electron chi connectivity index (χ3n) is 2.18. The summed E-state index contributed by atoms with van der Waals surface area (Å²) in [6.07, 6.45) is 3.62. The van der Waals surface area contributed by atoms with Crippen LogP contribution >= 0.6 is 11.3 Å². The molecule has 0 aromatic carbocycles. The Morgan fingerprint density at radius 1 is 1.12 bits per heavy atom. The van der Waals surface area contributed by atoms with Crippen molar-refractivity contribution in [3.05, 3.63) is 40.4 Å². The Hall–Kier alpha value is -1.33. The number of aromatic nitrogens is 3. The molecule has 0 unspecified atom stereocenters. The van der Waals surface area contributed by atoms with E-state index in [1.807, 2.05) is 18.6 Å². The molecule has 0 N–H and O–H groups in total. The zero-order chi connectivity index (χ0) is 11.4. The molecule has 0 bridgehead atoms. The highest BCUT2D eigenvalue weighted by molar-refractivity contribution is 7.07. The van der Waals surface area contributed by atoms with Crippen LogP contribution in [0.3, 0.4) is 0 Å². The maximum absolute atomic E-state index is 4.33. The van der Waals surface area contributed by atoms with E-state index >= 15 is 0 Å². The Morgan fingerprint density at radius 2 is 1.94 bits per heavy atom. The van der Waals surface area contributed by atoms with Crippen molar-refractivity contribution in [1.82, 2.24) is 19.9 Å². The molecule has 0 atom stereocenters. The minimum Gasteiger partial charge on any atom is -0.295 e. The van der Waals surface area contributed by atoms with Crippen molar-refractivity contribution in [2.45, 2.75) is 20.0 Å². The van der Waals surface area contributed by atoms with Crippen molar-refractivity contribution in [3.8, 4) is 0 Å². The first-order valence-electron chi connectivity index (χ1n) is 5.07. The molecular weight excluding hydrogens is 220 g/mol. The largest absolute Gasteiger partial charge is 0.295 e. The van der Waals surface area contributed by atoms with Crippen LogP contribution in [0.4, 0.5) is 0 Å². The molecule has 2 rings (SSSR count). The third-order valence-corrected chi connectivity index (χ3v) is 2.82. The van der Waals surface area contributed by atoms with Gasteiger partial charge in [0.2, 0.25) is 0 Å². The standard InChI is InChI=1S/C11H14N4S/c1-9-3-13-10(4-12-9)5-15(2)6-11-7-16-8-14-11/h3-4,7-8H,5-6H2,1-2H3. The molecule has 2 aromatic rings. The van der Waals surface area contributed by atoms with Crippen LogP contribution in [0.25, 0.3) is 0 Å². The summed E-state index contributed by atoms with van der Waals surface area (Å²) in [7, 11) is 2.06. The van der Waals surface area contributed by atoms with Gasteiger partial charge in [-0.3, -0.25) is 14.9 Å². The SMILES string of the molecule is Cc1cnc(CN(C)Cc2cscn2)cn1. The molecule has 0 aliphatic rings. The zero-order valence-electron chi connectivity index (χ0n) is 9.42. The van der Waals surface area contributed by atoms with Gasteiger partial charge < -0.3 is 0 Å². The topological polar surface area (TPSA) is 41.9 Å². The quantitative estimate of drug-likeness (QED) is 0.810. The minimum atomic E-state index is 0.796. The van der Waals surface area contributed by atoms with Gasteiger partial charge in [0, 0.05) is 30.9 Å². The number of aryl methyl sites for hydroxylation is 1. The second kappa shape index (κ2) is 5.14. The first-order chi connectivity index (χ1) is 7.74. The van der Waals surface area contributed by atoms with E-state index in [0.29, 0.717) is 0 Å². The Kier molecular flexibility index (Phi) is 3.58. The zero-order valence-corrected chi connectivity index (χ0v) is 10.2. The van der Waals surface area contributed by atoms with E-state index in [1.54, 1.807) is 17.5 Å². The summed E-state index contributed by atoms with van der Waals surface area (Å²) in [4.78, 5) is 15.0. The van der Waals surface area contributed by atoms with Gasteiger partial charge in [-0.1, -0.05) is 0 Å². The maximum atomic E-state index is 4.33. The number of hydrogen-bond acceptors (Lipinski definition) is 5. The highest BCUT2D eigenvalue weighted by Crippen LogP contribution is 2.06.